The molecule has 0 unspecified atom stereocenters. The van der Waals surface area contributed by atoms with Gasteiger partial charge in [-0.1, -0.05) is 158 Å². The van der Waals surface area contributed by atoms with Crippen LogP contribution in [0.25, 0.3) is 105 Å². The molecular weight excluding hydrogens is 715 g/mol. The van der Waals surface area contributed by atoms with E-state index in [9.17, 15) is 0 Å². The maximum absolute atomic E-state index is 2.49. The summed E-state index contributed by atoms with van der Waals surface area (Å²) >= 11 is 0. The second-order valence-corrected chi connectivity index (χ2v) is 15.4. The Kier molecular flexibility index (Phi) is 7.54. The molecule has 0 fully saturated rings. The van der Waals surface area contributed by atoms with Crippen molar-refractivity contribution in [2.24, 2.45) is 0 Å². The third-order valence-electron chi connectivity index (χ3n) is 12.0. The second kappa shape index (κ2) is 13.4. The van der Waals surface area contributed by atoms with Gasteiger partial charge in [-0.25, -0.2) is 0 Å². The second-order valence-electron chi connectivity index (χ2n) is 15.4. The largest absolute Gasteiger partial charge is 0.309 e. The Hall–Kier alpha value is -7.88. The zero-order valence-corrected chi connectivity index (χ0v) is 32.2. The summed E-state index contributed by atoms with van der Waals surface area (Å²) in [4.78, 5) is 0. The van der Waals surface area contributed by atoms with Crippen LogP contribution >= 0.6 is 0 Å². The van der Waals surface area contributed by atoms with Crippen LogP contribution in [0.3, 0.4) is 0 Å². The molecule has 0 bridgehead atoms. The Labute approximate surface area is 341 Å². The van der Waals surface area contributed by atoms with Crippen molar-refractivity contribution in [1.82, 2.24) is 13.7 Å². The molecule has 0 atom stereocenters. The van der Waals surface area contributed by atoms with E-state index in [2.05, 4.69) is 238 Å². The van der Waals surface area contributed by atoms with Crippen LogP contribution in [0.1, 0.15) is 0 Å². The Morgan fingerprint density at radius 3 is 1.37 bits per heavy atom. The summed E-state index contributed by atoms with van der Waals surface area (Å²) in [6.07, 6.45) is 0. The number of aromatic nitrogens is 3. The molecule has 3 aromatic heterocycles. The fraction of sp³-hybridized carbons (Fsp3) is 0. The van der Waals surface area contributed by atoms with Crippen molar-refractivity contribution in [1.29, 1.82) is 0 Å². The van der Waals surface area contributed by atoms with E-state index in [0.717, 1.165) is 17.1 Å². The summed E-state index contributed by atoms with van der Waals surface area (Å²) in [5.74, 6) is 0. The van der Waals surface area contributed by atoms with Gasteiger partial charge in [-0.2, -0.15) is 0 Å². The summed E-state index contributed by atoms with van der Waals surface area (Å²) < 4.78 is 7.38. The van der Waals surface area contributed by atoms with Crippen molar-refractivity contribution < 1.29 is 0 Å². The van der Waals surface area contributed by atoms with Crippen molar-refractivity contribution in [3.8, 4) is 50.6 Å². The SMILES string of the molecule is c1ccc(-c2ccc3c(c2)c2cc(-c4ccccc4)ccc2n3-c2cccc(-n3c4ccccc4c4ccc5cc(-c6ccccc6)n(-c6ccccc6)c5c43)c2)cc1. The lowest BCUT2D eigenvalue weighted by Gasteiger charge is -2.15. The number of nitrogens with zero attached hydrogens (tertiary/aromatic N) is 3. The van der Waals surface area contributed by atoms with Gasteiger partial charge >= 0.3 is 0 Å². The van der Waals surface area contributed by atoms with E-state index in [1.165, 1.54) is 88.0 Å². The standard InChI is InChI=1S/C56H37N3/c1-5-16-38(17-6-1)41-29-32-52-49(34-41)50-35-42(39-18-7-2-8-19-39)30-33-53(50)57(52)45-24-15-25-46(37-45)59-51-27-14-13-26-47(51)48-31-28-43-36-54(40-20-9-3-10-21-40)58(55(43)56(48)59)44-22-11-4-12-23-44/h1-37H. The zero-order valence-electron chi connectivity index (χ0n) is 32.2. The van der Waals surface area contributed by atoms with Crippen LogP contribution < -0.4 is 0 Å². The quantitative estimate of drug-likeness (QED) is 0.161. The summed E-state index contributed by atoms with van der Waals surface area (Å²) in [5, 5.41) is 6.13. The molecule has 0 amide bonds. The minimum absolute atomic E-state index is 1.11. The molecule has 0 aliphatic rings. The minimum atomic E-state index is 1.11. The van der Waals surface area contributed by atoms with Gasteiger partial charge in [0.1, 0.15) is 0 Å². The van der Waals surface area contributed by atoms with Crippen LogP contribution in [0, 0.1) is 0 Å². The van der Waals surface area contributed by atoms with Gasteiger partial charge in [-0.05, 0) is 94.5 Å². The van der Waals surface area contributed by atoms with Crippen LogP contribution in [0.4, 0.5) is 0 Å². The van der Waals surface area contributed by atoms with Gasteiger partial charge < -0.3 is 13.7 Å². The summed E-state index contributed by atoms with van der Waals surface area (Å²) in [6.45, 7) is 0. The average molecular weight is 752 g/mol. The molecule has 0 saturated carbocycles. The number of benzene rings is 9. The fourth-order valence-corrected chi connectivity index (χ4v) is 9.37. The van der Waals surface area contributed by atoms with Gasteiger partial charge in [0.05, 0.1) is 33.3 Å². The van der Waals surface area contributed by atoms with Gasteiger partial charge in [0, 0.05) is 44.0 Å². The lowest BCUT2D eigenvalue weighted by molar-refractivity contribution is 1.11. The van der Waals surface area contributed by atoms with Crippen LogP contribution in [-0.2, 0) is 0 Å². The molecule has 0 aliphatic carbocycles. The van der Waals surface area contributed by atoms with Crippen LogP contribution in [0.5, 0.6) is 0 Å². The zero-order chi connectivity index (χ0) is 38.9. The molecule has 0 saturated heterocycles. The molecule has 0 radical (unpaired) electrons. The first-order valence-electron chi connectivity index (χ1n) is 20.3. The van der Waals surface area contributed by atoms with E-state index in [4.69, 9.17) is 0 Å². The molecular formula is C56H37N3. The van der Waals surface area contributed by atoms with Crippen LogP contribution in [0.15, 0.2) is 224 Å². The highest BCUT2D eigenvalue weighted by Gasteiger charge is 2.22. The van der Waals surface area contributed by atoms with Crippen molar-refractivity contribution in [3.05, 3.63) is 224 Å². The lowest BCUT2D eigenvalue weighted by atomic mass is 10.0. The first-order valence-corrected chi connectivity index (χ1v) is 20.3. The maximum Gasteiger partial charge on any atom is 0.0788 e. The molecule has 9 aromatic carbocycles. The molecule has 59 heavy (non-hydrogen) atoms. The number of hydrogen-bond acceptors (Lipinski definition) is 0. The summed E-state index contributed by atoms with van der Waals surface area (Å²) in [6, 6.07) is 81.7. The number of fused-ring (bicyclic) bond motifs is 8. The molecule has 12 aromatic rings. The monoisotopic (exact) mass is 751 g/mol. The lowest BCUT2D eigenvalue weighted by Crippen LogP contribution is -2.01. The smallest absolute Gasteiger partial charge is 0.0788 e. The summed E-state index contributed by atoms with van der Waals surface area (Å²) in [7, 11) is 0. The third kappa shape index (κ3) is 5.29. The molecule has 3 heteroatoms. The summed E-state index contributed by atoms with van der Waals surface area (Å²) in [5.41, 5.74) is 16.5. The van der Waals surface area contributed by atoms with Crippen molar-refractivity contribution in [2.45, 2.75) is 0 Å². The Bertz CT molecular complexity index is 3420. The molecule has 3 nitrogen and oxygen atoms in total. The van der Waals surface area contributed by atoms with E-state index in [0.29, 0.717) is 0 Å². The van der Waals surface area contributed by atoms with E-state index in [1.54, 1.807) is 0 Å². The predicted molar refractivity (Wildman–Crippen MR) is 248 cm³/mol. The number of hydrogen-bond donors (Lipinski definition) is 0. The molecule has 276 valence electrons. The van der Waals surface area contributed by atoms with Gasteiger partial charge in [-0.3, -0.25) is 0 Å². The first kappa shape index (κ1) is 33.3. The van der Waals surface area contributed by atoms with Crippen molar-refractivity contribution in [3.63, 3.8) is 0 Å². The predicted octanol–water partition coefficient (Wildman–Crippen LogP) is 14.8. The van der Waals surface area contributed by atoms with Crippen molar-refractivity contribution >= 4 is 54.5 Å². The topological polar surface area (TPSA) is 14.8 Å². The average Bonchev–Trinajstić information content (AvgIpc) is 3.98. The molecule has 0 spiro atoms. The Morgan fingerprint density at radius 1 is 0.237 bits per heavy atom. The molecule has 3 heterocycles. The van der Waals surface area contributed by atoms with Gasteiger partial charge in [0.2, 0.25) is 0 Å². The number of rotatable bonds is 6. The highest BCUT2D eigenvalue weighted by atomic mass is 15.1. The third-order valence-corrected chi connectivity index (χ3v) is 12.0. The Balaban J connectivity index is 1.14. The highest BCUT2D eigenvalue weighted by Crippen LogP contribution is 2.42. The number of para-hydroxylation sites is 2. The van der Waals surface area contributed by atoms with E-state index >= 15 is 0 Å². The molecule has 0 aliphatic heterocycles. The van der Waals surface area contributed by atoms with E-state index in [1.807, 2.05) is 0 Å². The van der Waals surface area contributed by atoms with Gasteiger partial charge in [-0.15, -0.1) is 0 Å². The van der Waals surface area contributed by atoms with E-state index < -0.39 is 0 Å². The molecule has 0 N–H and O–H groups in total. The molecule has 12 rings (SSSR count). The minimum Gasteiger partial charge on any atom is -0.309 e. The van der Waals surface area contributed by atoms with Crippen LogP contribution in [-0.4, -0.2) is 13.7 Å². The normalized spacial score (nSPS) is 11.7. The highest BCUT2D eigenvalue weighted by molar-refractivity contribution is 6.19. The van der Waals surface area contributed by atoms with Crippen molar-refractivity contribution in [2.75, 3.05) is 0 Å². The van der Waals surface area contributed by atoms with Gasteiger partial charge in [0.25, 0.3) is 0 Å². The maximum atomic E-state index is 2.49. The van der Waals surface area contributed by atoms with Crippen LogP contribution in [0.2, 0.25) is 0 Å². The fourth-order valence-electron chi connectivity index (χ4n) is 9.37. The van der Waals surface area contributed by atoms with Gasteiger partial charge in [0.15, 0.2) is 0 Å². The Morgan fingerprint density at radius 2 is 0.746 bits per heavy atom. The van der Waals surface area contributed by atoms with E-state index in [-0.39, 0.29) is 0 Å². The first-order chi connectivity index (χ1) is 29.3.